The molecule has 0 aliphatic carbocycles. The number of nitrogens with zero attached hydrogens (tertiary/aromatic N) is 3. The van der Waals surface area contributed by atoms with Crippen LogP contribution >= 0.6 is 11.3 Å². The van der Waals surface area contributed by atoms with Gasteiger partial charge in [0, 0.05) is 24.3 Å². The molecule has 0 spiro atoms. The monoisotopic (exact) mass is 378 g/mol. The van der Waals surface area contributed by atoms with E-state index < -0.39 is 0 Å². The average molecular weight is 378 g/mol. The number of hydrogen-bond donors (Lipinski definition) is 1. The van der Waals surface area contributed by atoms with Crippen molar-refractivity contribution in [3.63, 3.8) is 0 Å². The number of fused-ring (bicyclic) bond motifs is 1. The third kappa shape index (κ3) is 3.89. The van der Waals surface area contributed by atoms with E-state index in [4.69, 9.17) is 9.47 Å². The molecule has 4 aromatic rings. The number of thiophene rings is 1. The molecular formula is C20H18N4O2S. The summed E-state index contributed by atoms with van der Waals surface area (Å²) in [7, 11) is 1.60. The predicted octanol–water partition coefficient (Wildman–Crippen LogP) is 4.35. The molecular weight excluding hydrogens is 360 g/mol. The van der Waals surface area contributed by atoms with E-state index >= 15 is 0 Å². The molecule has 3 aromatic heterocycles. The SMILES string of the molecule is COCOc1ccc(-c2csc3ncnc(NCc4ccccn4)c23)cc1. The van der Waals surface area contributed by atoms with Crippen molar-refractivity contribution in [3.8, 4) is 16.9 Å². The van der Waals surface area contributed by atoms with Gasteiger partial charge in [0.15, 0.2) is 6.79 Å². The second kappa shape index (κ2) is 8.11. The maximum atomic E-state index is 5.46. The standard InChI is InChI=1S/C20H18N4O2S/c1-25-13-26-16-7-5-14(6-8-16)17-11-27-20-18(17)19(23-12-24-20)22-10-15-4-2-3-9-21-15/h2-9,11-12H,10,13H2,1H3,(H,22,23,24). The van der Waals surface area contributed by atoms with Crippen LogP contribution in [0.3, 0.4) is 0 Å². The van der Waals surface area contributed by atoms with Crippen molar-refractivity contribution in [1.82, 2.24) is 15.0 Å². The summed E-state index contributed by atoms with van der Waals surface area (Å²) in [5.74, 6) is 1.58. The minimum absolute atomic E-state index is 0.232. The van der Waals surface area contributed by atoms with Crippen LogP contribution in [0, 0.1) is 0 Å². The molecule has 6 nitrogen and oxygen atoms in total. The molecule has 7 heteroatoms. The fourth-order valence-electron chi connectivity index (χ4n) is 2.76. The summed E-state index contributed by atoms with van der Waals surface area (Å²) < 4.78 is 10.4. The van der Waals surface area contributed by atoms with E-state index in [2.05, 4.69) is 25.6 Å². The predicted molar refractivity (Wildman–Crippen MR) is 107 cm³/mol. The van der Waals surface area contributed by atoms with Gasteiger partial charge in [-0.15, -0.1) is 11.3 Å². The number of ether oxygens (including phenoxy) is 2. The van der Waals surface area contributed by atoms with Gasteiger partial charge in [-0.05, 0) is 29.8 Å². The van der Waals surface area contributed by atoms with Gasteiger partial charge in [0.05, 0.1) is 17.6 Å². The summed E-state index contributed by atoms with van der Waals surface area (Å²) in [4.78, 5) is 14.2. The van der Waals surface area contributed by atoms with E-state index in [1.165, 1.54) is 0 Å². The normalized spacial score (nSPS) is 10.9. The Morgan fingerprint density at radius 2 is 1.93 bits per heavy atom. The van der Waals surface area contributed by atoms with E-state index in [1.807, 2.05) is 42.5 Å². The highest BCUT2D eigenvalue weighted by Crippen LogP contribution is 2.37. The van der Waals surface area contributed by atoms with Crippen molar-refractivity contribution >= 4 is 27.4 Å². The lowest BCUT2D eigenvalue weighted by Crippen LogP contribution is -2.03. The summed E-state index contributed by atoms with van der Waals surface area (Å²) in [6.07, 6.45) is 3.38. The number of aromatic nitrogens is 3. The van der Waals surface area contributed by atoms with Crippen molar-refractivity contribution in [1.29, 1.82) is 0 Å². The number of nitrogens with one attached hydrogen (secondary N) is 1. The Balaban J connectivity index is 1.63. The van der Waals surface area contributed by atoms with Gasteiger partial charge in [-0.1, -0.05) is 18.2 Å². The molecule has 3 heterocycles. The highest BCUT2D eigenvalue weighted by molar-refractivity contribution is 7.17. The minimum atomic E-state index is 0.232. The number of hydrogen-bond acceptors (Lipinski definition) is 7. The molecule has 0 atom stereocenters. The van der Waals surface area contributed by atoms with Crippen LogP contribution in [0.1, 0.15) is 5.69 Å². The lowest BCUT2D eigenvalue weighted by atomic mass is 10.1. The number of rotatable bonds is 7. The average Bonchev–Trinajstić information content (AvgIpc) is 3.17. The molecule has 0 saturated carbocycles. The van der Waals surface area contributed by atoms with Crippen LogP contribution in [0.5, 0.6) is 5.75 Å². The van der Waals surface area contributed by atoms with E-state index in [0.29, 0.717) is 6.54 Å². The smallest absolute Gasteiger partial charge is 0.188 e. The molecule has 4 rings (SSSR count). The van der Waals surface area contributed by atoms with Crippen molar-refractivity contribution in [2.75, 3.05) is 19.2 Å². The Labute approximate surface area is 160 Å². The molecule has 0 unspecified atom stereocenters. The fraction of sp³-hybridized carbons (Fsp3) is 0.150. The molecule has 0 amide bonds. The van der Waals surface area contributed by atoms with Crippen molar-refractivity contribution in [2.24, 2.45) is 0 Å². The van der Waals surface area contributed by atoms with Gasteiger partial charge >= 0.3 is 0 Å². The summed E-state index contributed by atoms with van der Waals surface area (Å²) in [6.45, 7) is 0.836. The number of benzene rings is 1. The number of anilines is 1. The van der Waals surface area contributed by atoms with Crippen molar-refractivity contribution in [3.05, 3.63) is 66.1 Å². The third-order valence-corrected chi connectivity index (χ3v) is 4.93. The molecule has 0 fully saturated rings. The Morgan fingerprint density at radius 1 is 1.04 bits per heavy atom. The zero-order valence-electron chi connectivity index (χ0n) is 14.8. The Bertz CT molecular complexity index is 1020. The van der Waals surface area contributed by atoms with Crippen LogP contribution in [-0.2, 0) is 11.3 Å². The summed E-state index contributed by atoms with van der Waals surface area (Å²) in [5.41, 5.74) is 3.14. The van der Waals surface area contributed by atoms with Gasteiger partial charge in [0.2, 0.25) is 0 Å². The van der Waals surface area contributed by atoms with E-state index in [0.717, 1.165) is 38.6 Å². The van der Waals surface area contributed by atoms with Crippen molar-refractivity contribution < 1.29 is 9.47 Å². The third-order valence-electron chi connectivity index (χ3n) is 4.04. The molecule has 136 valence electrons. The van der Waals surface area contributed by atoms with Gasteiger partial charge in [-0.25, -0.2) is 9.97 Å². The molecule has 1 N–H and O–H groups in total. The van der Waals surface area contributed by atoms with Crippen LogP contribution in [-0.4, -0.2) is 28.9 Å². The maximum Gasteiger partial charge on any atom is 0.188 e. The molecule has 0 saturated heterocycles. The zero-order chi connectivity index (χ0) is 18.5. The first kappa shape index (κ1) is 17.4. The van der Waals surface area contributed by atoms with E-state index in [1.54, 1.807) is 31.0 Å². The molecule has 0 radical (unpaired) electrons. The highest BCUT2D eigenvalue weighted by Gasteiger charge is 2.13. The van der Waals surface area contributed by atoms with Crippen LogP contribution in [0.25, 0.3) is 21.3 Å². The summed E-state index contributed by atoms with van der Waals surface area (Å²) >= 11 is 1.60. The van der Waals surface area contributed by atoms with Crippen LogP contribution < -0.4 is 10.1 Å². The number of methoxy groups -OCH3 is 1. The second-order valence-electron chi connectivity index (χ2n) is 5.80. The van der Waals surface area contributed by atoms with Gasteiger partial charge < -0.3 is 14.8 Å². The topological polar surface area (TPSA) is 69.2 Å². The summed E-state index contributed by atoms with van der Waals surface area (Å²) in [6, 6.07) is 13.8. The lowest BCUT2D eigenvalue weighted by molar-refractivity contribution is 0.0511. The first-order valence-corrected chi connectivity index (χ1v) is 9.31. The Morgan fingerprint density at radius 3 is 2.70 bits per heavy atom. The van der Waals surface area contributed by atoms with Crippen molar-refractivity contribution in [2.45, 2.75) is 6.54 Å². The Kier molecular flexibility index (Phi) is 5.22. The first-order valence-electron chi connectivity index (χ1n) is 8.43. The summed E-state index contributed by atoms with van der Waals surface area (Å²) in [5, 5.41) is 6.52. The van der Waals surface area contributed by atoms with Crippen LogP contribution in [0.4, 0.5) is 5.82 Å². The maximum absolute atomic E-state index is 5.46. The van der Waals surface area contributed by atoms with Crippen LogP contribution in [0.15, 0.2) is 60.4 Å². The molecule has 0 aliphatic heterocycles. The van der Waals surface area contributed by atoms with E-state index in [-0.39, 0.29) is 6.79 Å². The number of pyridine rings is 1. The van der Waals surface area contributed by atoms with E-state index in [9.17, 15) is 0 Å². The fourth-order valence-corrected chi connectivity index (χ4v) is 3.67. The van der Waals surface area contributed by atoms with Crippen LogP contribution in [0.2, 0.25) is 0 Å². The largest absolute Gasteiger partial charge is 0.468 e. The highest BCUT2D eigenvalue weighted by atomic mass is 32.1. The van der Waals surface area contributed by atoms with Gasteiger partial charge in [0.25, 0.3) is 0 Å². The quantitative estimate of drug-likeness (QED) is 0.482. The minimum Gasteiger partial charge on any atom is -0.468 e. The van der Waals surface area contributed by atoms with Gasteiger partial charge in [-0.2, -0.15) is 0 Å². The molecule has 1 aromatic carbocycles. The van der Waals surface area contributed by atoms with Gasteiger partial charge in [-0.3, -0.25) is 4.98 Å². The second-order valence-corrected chi connectivity index (χ2v) is 6.66. The zero-order valence-corrected chi connectivity index (χ0v) is 15.6. The first-order chi connectivity index (χ1) is 13.3. The molecule has 27 heavy (non-hydrogen) atoms. The Hall–Kier alpha value is -3.03. The van der Waals surface area contributed by atoms with Gasteiger partial charge in [0.1, 0.15) is 22.7 Å². The molecule has 0 bridgehead atoms. The molecule has 0 aliphatic rings. The lowest BCUT2D eigenvalue weighted by Gasteiger charge is -2.09.